The molecule has 0 saturated carbocycles. The Morgan fingerprint density at radius 2 is 2.33 bits per heavy atom. The first-order valence-electron chi connectivity index (χ1n) is 6.66. The smallest absolute Gasteiger partial charge is 0.408 e. The molecule has 2 heterocycles. The lowest BCUT2D eigenvalue weighted by molar-refractivity contribution is 0.412. The summed E-state index contributed by atoms with van der Waals surface area (Å²) >= 11 is 0. The molecule has 0 bridgehead atoms. The number of nitrogens with one attached hydrogen (secondary N) is 1. The normalized spacial score (nSPS) is 20.4. The quantitative estimate of drug-likeness (QED) is 0.885. The maximum Gasteiger partial charge on any atom is 0.419 e. The highest BCUT2D eigenvalue weighted by molar-refractivity contribution is 5.74. The van der Waals surface area contributed by atoms with Crippen molar-refractivity contribution < 1.29 is 4.42 Å². The van der Waals surface area contributed by atoms with Crippen molar-refractivity contribution in [2.24, 2.45) is 0 Å². The summed E-state index contributed by atoms with van der Waals surface area (Å²) in [5, 5.41) is 3.53. The number of aromatic nitrogens is 1. The van der Waals surface area contributed by atoms with Crippen LogP contribution in [0.25, 0.3) is 11.1 Å². The van der Waals surface area contributed by atoms with E-state index in [0.717, 1.165) is 12.1 Å². The first-order chi connectivity index (χ1) is 8.79. The van der Waals surface area contributed by atoms with Gasteiger partial charge in [0.05, 0.1) is 5.52 Å². The van der Waals surface area contributed by atoms with Crippen molar-refractivity contribution in [1.82, 2.24) is 9.88 Å². The van der Waals surface area contributed by atoms with E-state index in [0.29, 0.717) is 18.2 Å². The van der Waals surface area contributed by atoms with Gasteiger partial charge in [-0.2, -0.15) is 0 Å². The van der Waals surface area contributed by atoms with Gasteiger partial charge in [-0.15, -0.1) is 0 Å². The van der Waals surface area contributed by atoms with Crippen LogP contribution in [0.2, 0.25) is 0 Å². The zero-order chi connectivity index (χ0) is 12.5. The molecule has 1 aromatic heterocycles. The second kappa shape index (κ2) is 4.61. The van der Waals surface area contributed by atoms with Crippen LogP contribution in [0.15, 0.2) is 27.4 Å². The van der Waals surface area contributed by atoms with E-state index in [9.17, 15) is 4.79 Å². The van der Waals surface area contributed by atoms with Gasteiger partial charge in [-0.25, -0.2) is 4.79 Å². The number of fused-ring (bicyclic) bond motifs is 1. The van der Waals surface area contributed by atoms with Crippen LogP contribution in [0.3, 0.4) is 0 Å². The van der Waals surface area contributed by atoms with E-state index in [4.69, 9.17) is 4.42 Å². The van der Waals surface area contributed by atoms with E-state index < -0.39 is 0 Å². The fourth-order valence-corrected chi connectivity index (χ4v) is 2.73. The highest BCUT2D eigenvalue weighted by Crippen LogP contribution is 2.25. The number of hydrogen-bond acceptors (Lipinski definition) is 3. The minimum Gasteiger partial charge on any atom is -0.408 e. The predicted octanol–water partition coefficient (Wildman–Crippen LogP) is 2.43. The Labute approximate surface area is 106 Å². The Balaban J connectivity index is 2.06. The zero-order valence-electron chi connectivity index (χ0n) is 10.6. The number of benzene rings is 1. The average molecular weight is 246 g/mol. The van der Waals surface area contributed by atoms with Gasteiger partial charge in [-0.1, -0.05) is 12.5 Å². The summed E-state index contributed by atoms with van der Waals surface area (Å²) in [6.07, 6.45) is 3.69. The number of hydrogen-bond donors (Lipinski definition) is 1. The summed E-state index contributed by atoms with van der Waals surface area (Å²) in [5.74, 6) is -0.263. The van der Waals surface area contributed by atoms with Gasteiger partial charge in [-0.05, 0) is 44.0 Å². The molecular formula is C14H18N2O2. The molecule has 4 nitrogen and oxygen atoms in total. The number of aryl methyl sites for hydroxylation is 1. The Morgan fingerprint density at radius 3 is 3.06 bits per heavy atom. The molecule has 1 saturated heterocycles. The molecule has 4 heteroatoms. The summed E-state index contributed by atoms with van der Waals surface area (Å²) in [7, 11) is 0. The van der Waals surface area contributed by atoms with Crippen molar-refractivity contribution in [2.75, 3.05) is 6.54 Å². The van der Waals surface area contributed by atoms with Gasteiger partial charge in [0.15, 0.2) is 5.58 Å². The summed E-state index contributed by atoms with van der Waals surface area (Å²) in [5.41, 5.74) is 2.85. The van der Waals surface area contributed by atoms with Crippen LogP contribution in [0.1, 0.15) is 37.8 Å². The molecule has 2 aromatic rings. The van der Waals surface area contributed by atoms with Gasteiger partial charge >= 0.3 is 5.76 Å². The second-order valence-electron chi connectivity index (χ2n) is 4.84. The van der Waals surface area contributed by atoms with Crippen molar-refractivity contribution in [3.05, 3.63) is 34.3 Å². The standard InChI is InChI=1S/C14H18N2O2/c1-2-16-12-9-10(11-5-3-4-8-15-11)6-7-13(12)18-14(16)17/h6-7,9,11,15H,2-5,8H2,1H3. The SMILES string of the molecule is CCn1c(=O)oc2ccc(C3CCCCN3)cc21. The lowest BCUT2D eigenvalue weighted by atomic mass is 9.97. The van der Waals surface area contributed by atoms with E-state index in [1.165, 1.54) is 24.8 Å². The molecule has 1 aromatic carbocycles. The highest BCUT2D eigenvalue weighted by atomic mass is 16.4. The Hall–Kier alpha value is -1.55. The van der Waals surface area contributed by atoms with Crippen LogP contribution in [0.5, 0.6) is 0 Å². The van der Waals surface area contributed by atoms with E-state index in [2.05, 4.69) is 17.4 Å². The van der Waals surface area contributed by atoms with Crippen LogP contribution in [-0.2, 0) is 6.54 Å². The highest BCUT2D eigenvalue weighted by Gasteiger charge is 2.16. The van der Waals surface area contributed by atoms with Crippen molar-refractivity contribution in [1.29, 1.82) is 0 Å². The number of rotatable bonds is 2. The minimum absolute atomic E-state index is 0.263. The molecule has 0 spiro atoms. The fraction of sp³-hybridized carbons (Fsp3) is 0.500. The summed E-state index contributed by atoms with van der Waals surface area (Å²) < 4.78 is 6.90. The third kappa shape index (κ3) is 1.86. The largest absolute Gasteiger partial charge is 0.419 e. The Morgan fingerprint density at radius 1 is 1.44 bits per heavy atom. The molecule has 1 atom stereocenters. The van der Waals surface area contributed by atoms with E-state index >= 15 is 0 Å². The summed E-state index contributed by atoms with van der Waals surface area (Å²) in [6, 6.07) is 6.48. The monoisotopic (exact) mass is 246 g/mol. The molecule has 0 amide bonds. The number of oxazole rings is 1. The molecule has 0 radical (unpaired) electrons. The first-order valence-corrected chi connectivity index (χ1v) is 6.66. The Kier molecular flexibility index (Phi) is 2.96. The van der Waals surface area contributed by atoms with Gasteiger partial charge in [0.25, 0.3) is 0 Å². The van der Waals surface area contributed by atoms with Gasteiger partial charge in [0.2, 0.25) is 0 Å². The maximum atomic E-state index is 11.6. The second-order valence-corrected chi connectivity index (χ2v) is 4.84. The van der Waals surface area contributed by atoms with Crippen molar-refractivity contribution in [3.63, 3.8) is 0 Å². The Bertz CT molecular complexity index is 606. The van der Waals surface area contributed by atoms with Crippen LogP contribution < -0.4 is 11.1 Å². The first kappa shape index (κ1) is 11.5. The molecule has 1 fully saturated rings. The van der Waals surface area contributed by atoms with Gasteiger partial charge in [0, 0.05) is 12.6 Å². The number of nitrogens with zero attached hydrogens (tertiary/aromatic N) is 1. The average Bonchev–Trinajstić information content (AvgIpc) is 2.74. The van der Waals surface area contributed by atoms with Crippen molar-refractivity contribution >= 4 is 11.1 Å². The topological polar surface area (TPSA) is 47.2 Å². The van der Waals surface area contributed by atoms with Crippen molar-refractivity contribution in [3.8, 4) is 0 Å². The lowest BCUT2D eigenvalue weighted by Gasteiger charge is -2.23. The number of piperidine rings is 1. The van der Waals surface area contributed by atoms with Gasteiger partial charge in [-0.3, -0.25) is 4.57 Å². The molecule has 0 aliphatic carbocycles. The summed E-state index contributed by atoms with van der Waals surface area (Å²) in [6.45, 7) is 3.68. The zero-order valence-corrected chi connectivity index (χ0v) is 10.6. The molecule has 1 unspecified atom stereocenters. The predicted molar refractivity (Wildman–Crippen MR) is 70.7 cm³/mol. The fourth-order valence-electron chi connectivity index (χ4n) is 2.73. The van der Waals surface area contributed by atoms with Crippen LogP contribution in [0, 0.1) is 0 Å². The molecule has 1 aliphatic rings. The van der Waals surface area contributed by atoms with Crippen LogP contribution in [-0.4, -0.2) is 11.1 Å². The van der Waals surface area contributed by atoms with Crippen molar-refractivity contribution in [2.45, 2.75) is 38.8 Å². The van der Waals surface area contributed by atoms with E-state index in [1.54, 1.807) is 4.57 Å². The third-order valence-electron chi connectivity index (χ3n) is 3.72. The molecular weight excluding hydrogens is 228 g/mol. The molecule has 96 valence electrons. The van der Waals surface area contributed by atoms with E-state index in [1.807, 2.05) is 13.0 Å². The summed E-state index contributed by atoms with van der Waals surface area (Å²) in [4.78, 5) is 11.6. The lowest BCUT2D eigenvalue weighted by Crippen LogP contribution is -2.26. The molecule has 1 N–H and O–H groups in total. The van der Waals surface area contributed by atoms with E-state index in [-0.39, 0.29) is 5.76 Å². The van der Waals surface area contributed by atoms with Crippen LogP contribution in [0.4, 0.5) is 0 Å². The maximum absolute atomic E-state index is 11.6. The van der Waals surface area contributed by atoms with Gasteiger partial charge < -0.3 is 9.73 Å². The molecule has 3 rings (SSSR count). The van der Waals surface area contributed by atoms with Crippen LogP contribution >= 0.6 is 0 Å². The molecule has 18 heavy (non-hydrogen) atoms. The minimum atomic E-state index is -0.263. The molecule has 1 aliphatic heterocycles. The third-order valence-corrected chi connectivity index (χ3v) is 3.72. The van der Waals surface area contributed by atoms with Gasteiger partial charge in [0.1, 0.15) is 0 Å².